The normalized spacial score (nSPS) is 11.7. The molecule has 1 atom stereocenters. The maximum absolute atomic E-state index is 11.3. The van der Waals surface area contributed by atoms with Crippen molar-refractivity contribution in [1.29, 1.82) is 0 Å². The van der Waals surface area contributed by atoms with Crippen molar-refractivity contribution < 1.29 is 14.3 Å². The summed E-state index contributed by atoms with van der Waals surface area (Å²) in [7, 11) is 1.60. The summed E-state index contributed by atoms with van der Waals surface area (Å²) in [5, 5.41) is 5.66. The number of likely N-dealkylation sites (N-methyl/N-ethyl adjacent to an activating group) is 1. The van der Waals surface area contributed by atoms with Gasteiger partial charge in [0.2, 0.25) is 5.91 Å². The fourth-order valence-electron chi connectivity index (χ4n) is 1.44. The van der Waals surface area contributed by atoms with Gasteiger partial charge in [-0.05, 0) is 24.6 Å². The van der Waals surface area contributed by atoms with E-state index in [1.165, 1.54) is 0 Å². The zero-order valence-electron chi connectivity index (χ0n) is 11.1. The lowest BCUT2D eigenvalue weighted by Crippen LogP contribution is -2.40. The Morgan fingerprint density at radius 3 is 2.47 bits per heavy atom. The monoisotopic (exact) mass is 265 g/mol. The molecule has 0 saturated carbocycles. The van der Waals surface area contributed by atoms with Crippen LogP contribution in [0.3, 0.4) is 0 Å². The van der Waals surface area contributed by atoms with Gasteiger partial charge in [0.25, 0.3) is 5.91 Å². The zero-order valence-corrected chi connectivity index (χ0v) is 11.1. The Bertz CT molecular complexity index is 431. The van der Waals surface area contributed by atoms with Crippen LogP contribution in [-0.2, 0) is 16.1 Å². The first-order valence-corrected chi connectivity index (χ1v) is 5.98. The van der Waals surface area contributed by atoms with Gasteiger partial charge in [0.1, 0.15) is 5.75 Å². The molecule has 19 heavy (non-hydrogen) atoms. The van der Waals surface area contributed by atoms with Gasteiger partial charge in [-0.1, -0.05) is 12.1 Å². The average Bonchev–Trinajstić information content (AvgIpc) is 2.42. The number of rotatable bonds is 7. The van der Waals surface area contributed by atoms with Crippen molar-refractivity contribution in [3.63, 3.8) is 0 Å². The minimum absolute atomic E-state index is 0.0542. The fraction of sp³-hybridized carbons (Fsp3) is 0.385. The molecule has 0 aliphatic rings. The van der Waals surface area contributed by atoms with Gasteiger partial charge in [-0.25, -0.2) is 0 Å². The highest BCUT2D eigenvalue weighted by molar-refractivity contribution is 5.80. The molecule has 0 radical (unpaired) electrons. The molecular weight excluding hydrogens is 246 g/mol. The third kappa shape index (κ3) is 5.39. The lowest BCUT2D eigenvalue weighted by atomic mass is 10.2. The predicted octanol–water partition coefficient (Wildman–Crippen LogP) is -0.225. The topological polar surface area (TPSA) is 93.4 Å². The molecule has 1 aromatic rings. The number of hydrogen-bond donors (Lipinski definition) is 3. The Kier molecular flexibility index (Phi) is 5.81. The van der Waals surface area contributed by atoms with Crippen LogP contribution in [0.5, 0.6) is 5.75 Å². The van der Waals surface area contributed by atoms with Crippen LogP contribution < -0.4 is 21.1 Å². The second-order valence-electron chi connectivity index (χ2n) is 4.12. The molecule has 0 aliphatic heterocycles. The molecule has 0 aromatic heterocycles. The van der Waals surface area contributed by atoms with Crippen LogP contribution in [0.4, 0.5) is 0 Å². The molecule has 0 heterocycles. The fourth-order valence-corrected chi connectivity index (χ4v) is 1.44. The van der Waals surface area contributed by atoms with E-state index >= 15 is 0 Å². The first-order chi connectivity index (χ1) is 9.02. The summed E-state index contributed by atoms with van der Waals surface area (Å²) in [4.78, 5) is 21.9. The molecule has 1 unspecified atom stereocenters. The van der Waals surface area contributed by atoms with Crippen molar-refractivity contribution >= 4 is 11.8 Å². The minimum atomic E-state index is -0.509. The Balaban J connectivity index is 2.44. The quantitative estimate of drug-likeness (QED) is 0.635. The van der Waals surface area contributed by atoms with Gasteiger partial charge in [0, 0.05) is 13.6 Å². The molecule has 104 valence electrons. The van der Waals surface area contributed by atoms with Gasteiger partial charge in [0.15, 0.2) is 6.61 Å². The summed E-state index contributed by atoms with van der Waals surface area (Å²) in [6, 6.07) is 6.98. The van der Waals surface area contributed by atoms with E-state index in [2.05, 4.69) is 10.6 Å². The number of benzene rings is 1. The van der Waals surface area contributed by atoms with E-state index in [0.29, 0.717) is 12.3 Å². The van der Waals surface area contributed by atoms with Crippen molar-refractivity contribution in [1.82, 2.24) is 10.6 Å². The van der Waals surface area contributed by atoms with Crippen LogP contribution in [0.2, 0.25) is 0 Å². The molecule has 0 saturated heterocycles. The molecule has 2 amide bonds. The second-order valence-corrected chi connectivity index (χ2v) is 4.12. The SMILES string of the molecule is CNC(=O)C(C)NCc1ccc(OCC(N)=O)cc1. The van der Waals surface area contributed by atoms with Gasteiger partial charge in [0.05, 0.1) is 6.04 Å². The molecule has 0 aliphatic carbocycles. The van der Waals surface area contributed by atoms with E-state index in [1.54, 1.807) is 26.1 Å². The van der Waals surface area contributed by atoms with Crippen LogP contribution in [0.25, 0.3) is 0 Å². The Hall–Kier alpha value is -2.08. The lowest BCUT2D eigenvalue weighted by Gasteiger charge is -2.12. The number of ether oxygens (including phenoxy) is 1. The van der Waals surface area contributed by atoms with Gasteiger partial charge < -0.3 is 21.1 Å². The summed E-state index contributed by atoms with van der Waals surface area (Å²) < 4.78 is 5.14. The van der Waals surface area contributed by atoms with E-state index < -0.39 is 5.91 Å². The molecule has 6 nitrogen and oxygen atoms in total. The van der Waals surface area contributed by atoms with Crippen LogP contribution in [0, 0.1) is 0 Å². The largest absolute Gasteiger partial charge is 0.484 e. The molecule has 1 rings (SSSR count). The summed E-state index contributed by atoms with van der Waals surface area (Å²) in [5.41, 5.74) is 6.00. The number of amides is 2. The van der Waals surface area contributed by atoms with Crippen molar-refractivity contribution in [3.05, 3.63) is 29.8 Å². The maximum atomic E-state index is 11.3. The highest BCUT2D eigenvalue weighted by Crippen LogP contribution is 2.11. The number of carbonyl (C=O) groups is 2. The van der Waals surface area contributed by atoms with E-state index in [0.717, 1.165) is 5.56 Å². The predicted molar refractivity (Wildman–Crippen MR) is 71.5 cm³/mol. The average molecular weight is 265 g/mol. The molecule has 4 N–H and O–H groups in total. The van der Waals surface area contributed by atoms with Crippen molar-refractivity contribution in [2.45, 2.75) is 19.5 Å². The summed E-state index contributed by atoms with van der Waals surface area (Å²) >= 11 is 0. The van der Waals surface area contributed by atoms with E-state index in [9.17, 15) is 9.59 Å². The van der Waals surface area contributed by atoms with Gasteiger partial charge >= 0.3 is 0 Å². The highest BCUT2D eigenvalue weighted by Gasteiger charge is 2.09. The van der Waals surface area contributed by atoms with E-state index in [4.69, 9.17) is 10.5 Å². The lowest BCUT2D eigenvalue weighted by molar-refractivity contribution is -0.122. The van der Waals surface area contributed by atoms with Crippen molar-refractivity contribution in [2.75, 3.05) is 13.7 Å². The van der Waals surface area contributed by atoms with E-state index in [-0.39, 0.29) is 18.6 Å². The number of carbonyl (C=O) groups excluding carboxylic acids is 2. The van der Waals surface area contributed by atoms with Crippen LogP contribution in [0.15, 0.2) is 24.3 Å². The van der Waals surface area contributed by atoms with E-state index in [1.807, 2.05) is 12.1 Å². The van der Waals surface area contributed by atoms with Gasteiger partial charge in [-0.3, -0.25) is 9.59 Å². The maximum Gasteiger partial charge on any atom is 0.255 e. The Morgan fingerprint density at radius 1 is 1.32 bits per heavy atom. The first kappa shape index (κ1) is 15.0. The molecular formula is C13H19N3O3. The summed E-state index contributed by atoms with van der Waals surface area (Å²) in [6.45, 7) is 2.24. The smallest absolute Gasteiger partial charge is 0.255 e. The second kappa shape index (κ2) is 7.38. The van der Waals surface area contributed by atoms with Crippen molar-refractivity contribution in [2.24, 2.45) is 5.73 Å². The minimum Gasteiger partial charge on any atom is -0.484 e. The van der Waals surface area contributed by atoms with Crippen LogP contribution in [-0.4, -0.2) is 31.5 Å². The molecule has 0 bridgehead atoms. The first-order valence-electron chi connectivity index (χ1n) is 5.98. The van der Waals surface area contributed by atoms with Crippen LogP contribution >= 0.6 is 0 Å². The summed E-state index contributed by atoms with van der Waals surface area (Å²) in [5.74, 6) is 0.0217. The Labute approximate surface area is 112 Å². The standard InChI is InChI=1S/C13H19N3O3/c1-9(13(18)15-2)16-7-10-3-5-11(6-4-10)19-8-12(14)17/h3-6,9,16H,7-8H2,1-2H3,(H2,14,17)(H,15,18). The third-order valence-electron chi connectivity index (χ3n) is 2.56. The molecule has 0 spiro atoms. The number of nitrogens with two attached hydrogens (primary N) is 1. The number of hydrogen-bond acceptors (Lipinski definition) is 4. The van der Waals surface area contributed by atoms with Crippen LogP contribution in [0.1, 0.15) is 12.5 Å². The third-order valence-corrected chi connectivity index (χ3v) is 2.56. The molecule has 6 heteroatoms. The Morgan fingerprint density at radius 2 is 1.95 bits per heavy atom. The molecule has 1 aromatic carbocycles. The zero-order chi connectivity index (χ0) is 14.3. The number of nitrogens with one attached hydrogen (secondary N) is 2. The van der Waals surface area contributed by atoms with Gasteiger partial charge in [-0.15, -0.1) is 0 Å². The summed E-state index contributed by atoms with van der Waals surface area (Å²) in [6.07, 6.45) is 0. The molecule has 0 fully saturated rings. The van der Waals surface area contributed by atoms with Crippen molar-refractivity contribution in [3.8, 4) is 5.75 Å². The van der Waals surface area contributed by atoms with Gasteiger partial charge in [-0.2, -0.15) is 0 Å². The number of primary amides is 1. The highest BCUT2D eigenvalue weighted by atomic mass is 16.5.